The number of carbonyl (C=O) groups excluding carboxylic acids is 1. The van der Waals surface area contributed by atoms with E-state index in [1.807, 2.05) is 0 Å². The van der Waals surface area contributed by atoms with Gasteiger partial charge in [-0.25, -0.2) is 22.5 Å². The SMILES string of the molecule is N[C@@H](CC(=O)N1CC(CNS(=O)(=O)c2ccccn2)C1)Cc1ccccc1F. The molecule has 3 rings (SSSR count). The molecule has 1 amide bonds. The highest BCUT2D eigenvalue weighted by Gasteiger charge is 2.32. The molecule has 3 N–H and O–H groups in total. The van der Waals surface area contributed by atoms with Crippen LogP contribution in [0.1, 0.15) is 12.0 Å². The molecular formula is C19H23FN4O3S. The molecule has 28 heavy (non-hydrogen) atoms. The Morgan fingerprint density at radius 1 is 1.25 bits per heavy atom. The third-order valence-electron chi connectivity index (χ3n) is 4.66. The highest BCUT2D eigenvalue weighted by molar-refractivity contribution is 7.89. The van der Waals surface area contributed by atoms with Crippen LogP contribution in [0.15, 0.2) is 53.7 Å². The lowest BCUT2D eigenvalue weighted by Gasteiger charge is -2.39. The third kappa shape index (κ3) is 5.12. The normalized spacial score (nSPS) is 15.9. The lowest BCUT2D eigenvalue weighted by molar-refractivity contribution is -0.137. The van der Waals surface area contributed by atoms with Gasteiger partial charge in [0.05, 0.1) is 0 Å². The molecule has 1 fully saturated rings. The first-order valence-electron chi connectivity index (χ1n) is 9.02. The number of aromatic nitrogens is 1. The van der Waals surface area contributed by atoms with E-state index in [-0.39, 0.29) is 35.6 Å². The summed E-state index contributed by atoms with van der Waals surface area (Å²) in [6.07, 6.45) is 1.84. The minimum Gasteiger partial charge on any atom is -0.342 e. The first-order chi connectivity index (χ1) is 13.3. The molecule has 0 unspecified atom stereocenters. The first-order valence-corrected chi connectivity index (χ1v) is 10.5. The molecule has 1 saturated heterocycles. The van der Waals surface area contributed by atoms with Crippen LogP contribution in [0, 0.1) is 11.7 Å². The van der Waals surface area contributed by atoms with Crippen LogP contribution in [-0.2, 0) is 21.2 Å². The second-order valence-corrected chi connectivity index (χ2v) is 8.66. The van der Waals surface area contributed by atoms with E-state index in [2.05, 4.69) is 9.71 Å². The molecule has 1 aromatic carbocycles. The van der Waals surface area contributed by atoms with Gasteiger partial charge >= 0.3 is 0 Å². The van der Waals surface area contributed by atoms with Crippen molar-refractivity contribution in [3.05, 3.63) is 60.0 Å². The number of hydrogen-bond donors (Lipinski definition) is 2. The number of halogens is 1. The zero-order chi connectivity index (χ0) is 20.1. The molecular weight excluding hydrogens is 383 g/mol. The summed E-state index contributed by atoms with van der Waals surface area (Å²) in [5, 5.41) is -0.0265. The third-order valence-corrected chi connectivity index (χ3v) is 6.00. The van der Waals surface area contributed by atoms with Crippen molar-refractivity contribution < 1.29 is 17.6 Å². The van der Waals surface area contributed by atoms with Crippen molar-refractivity contribution in [1.29, 1.82) is 0 Å². The molecule has 0 saturated carbocycles. The maximum atomic E-state index is 13.7. The van der Waals surface area contributed by atoms with Crippen LogP contribution >= 0.6 is 0 Å². The minimum atomic E-state index is -3.65. The summed E-state index contributed by atoms with van der Waals surface area (Å²) < 4.78 is 40.5. The van der Waals surface area contributed by atoms with Crippen LogP contribution in [0.3, 0.4) is 0 Å². The average molecular weight is 406 g/mol. The Morgan fingerprint density at radius 3 is 2.64 bits per heavy atom. The fourth-order valence-corrected chi connectivity index (χ4v) is 4.14. The molecule has 2 aromatic rings. The van der Waals surface area contributed by atoms with Gasteiger partial charge in [0.25, 0.3) is 10.0 Å². The highest BCUT2D eigenvalue weighted by Crippen LogP contribution is 2.18. The van der Waals surface area contributed by atoms with E-state index in [9.17, 15) is 17.6 Å². The maximum absolute atomic E-state index is 13.7. The van der Waals surface area contributed by atoms with Crippen molar-refractivity contribution in [2.75, 3.05) is 19.6 Å². The second-order valence-electron chi connectivity index (χ2n) is 6.94. The maximum Gasteiger partial charge on any atom is 0.258 e. The van der Waals surface area contributed by atoms with Crippen LogP contribution in [0.2, 0.25) is 0 Å². The van der Waals surface area contributed by atoms with Crippen LogP contribution in [-0.4, -0.2) is 49.9 Å². The van der Waals surface area contributed by atoms with E-state index in [0.717, 1.165) is 0 Å². The lowest BCUT2D eigenvalue weighted by Crippen LogP contribution is -2.54. The van der Waals surface area contributed by atoms with Crippen molar-refractivity contribution in [3.63, 3.8) is 0 Å². The van der Waals surface area contributed by atoms with Gasteiger partial charge in [0.2, 0.25) is 5.91 Å². The van der Waals surface area contributed by atoms with Gasteiger partial charge in [0, 0.05) is 44.2 Å². The van der Waals surface area contributed by atoms with Gasteiger partial charge in [0.15, 0.2) is 5.03 Å². The monoisotopic (exact) mass is 406 g/mol. The molecule has 0 radical (unpaired) electrons. The number of pyridine rings is 1. The first kappa shape index (κ1) is 20.4. The molecule has 2 heterocycles. The summed E-state index contributed by atoms with van der Waals surface area (Å²) in [6, 6.07) is 10.6. The van der Waals surface area contributed by atoms with E-state index < -0.39 is 16.1 Å². The molecule has 9 heteroatoms. The van der Waals surface area contributed by atoms with Crippen LogP contribution in [0.4, 0.5) is 4.39 Å². The molecule has 7 nitrogen and oxygen atoms in total. The van der Waals surface area contributed by atoms with Crippen molar-refractivity contribution in [2.24, 2.45) is 11.7 Å². The summed E-state index contributed by atoms with van der Waals surface area (Å²) >= 11 is 0. The van der Waals surface area contributed by atoms with Crippen molar-refractivity contribution in [2.45, 2.75) is 23.9 Å². The smallest absolute Gasteiger partial charge is 0.258 e. The summed E-state index contributed by atoms with van der Waals surface area (Å²) in [6.45, 7) is 1.18. The van der Waals surface area contributed by atoms with E-state index in [1.165, 1.54) is 18.3 Å². The summed E-state index contributed by atoms with van der Waals surface area (Å²) in [7, 11) is -3.65. The van der Waals surface area contributed by atoms with Crippen LogP contribution in [0.25, 0.3) is 0 Å². The number of nitrogens with two attached hydrogens (primary N) is 1. The predicted octanol–water partition coefficient (Wildman–Crippen LogP) is 0.918. The number of nitrogens with one attached hydrogen (secondary N) is 1. The van der Waals surface area contributed by atoms with Crippen LogP contribution < -0.4 is 10.5 Å². The Hall–Kier alpha value is -2.36. The molecule has 150 valence electrons. The number of likely N-dealkylation sites (tertiary alicyclic amines) is 1. The zero-order valence-electron chi connectivity index (χ0n) is 15.3. The van der Waals surface area contributed by atoms with Gasteiger partial charge in [-0.05, 0) is 30.2 Å². The Bertz CT molecular complexity index is 918. The Labute approximate surface area is 163 Å². The largest absolute Gasteiger partial charge is 0.342 e. The van der Waals surface area contributed by atoms with Gasteiger partial charge in [-0.15, -0.1) is 0 Å². The van der Waals surface area contributed by atoms with Gasteiger partial charge in [-0.2, -0.15) is 0 Å². The zero-order valence-corrected chi connectivity index (χ0v) is 16.1. The highest BCUT2D eigenvalue weighted by atomic mass is 32.2. The van der Waals surface area contributed by atoms with E-state index in [1.54, 1.807) is 35.2 Å². The number of sulfonamides is 1. The standard InChI is InChI=1S/C19H23FN4O3S/c20-17-6-2-1-5-15(17)9-16(21)10-19(25)24-12-14(13-24)11-23-28(26,27)18-7-3-4-8-22-18/h1-8,14,16,23H,9-13,21H2/t16-/m1/s1. The van der Waals surface area contributed by atoms with Crippen molar-refractivity contribution >= 4 is 15.9 Å². The molecule has 1 aliphatic rings. The summed E-state index contributed by atoms with van der Waals surface area (Å²) in [5.41, 5.74) is 6.49. The number of hydrogen-bond acceptors (Lipinski definition) is 5. The molecule has 0 bridgehead atoms. The minimum absolute atomic E-state index is 0.0265. The topological polar surface area (TPSA) is 105 Å². The fourth-order valence-electron chi connectivity index (χ4n) is 3.08. The average Bonchev–Trinajstić information content (AvgIpc) is 2.63. The Balaban J connectivity index is 1.41. The van der Waals surface area contributed by atoms with E-state index in [4.69, 9.17) is 5.73 Å². The Kier molecular flexibility index (Phi) is 6.38. The molecule has 0 aliphatic carbocycles. The molecule has 1 aliphatic heterocycles. The second kappa shape index (κ2) is 8.76. The van der Waals surface area contributed by atoms with Crippen LogP contribution in [0.5, 0.6) is 0 Å². The number of amides is 1. The lowest BCUT2D eigenvalue weighted by atomic mass is 9.98. The quantitative estimate of drug-likeness (QED) is 0.678. The number of benzene rings is 1. The molecule has 0 spiro atoms. The van der Waals surface area contributed by atoms with E-state index >= 15 is 0 Å². The van der Waals surface area contributed by atoms with Gasteiger partial charge in [-0.3, -0.25) is 4.79 Å². The van der Waals surface area contributed by atoms with Gasteiger partial charge in [-0.1, -0.05) is 24.3 Å². The van der Waals surface area contributed by atoms with Gasteiger partial charge < -0.3 is 10.6 Å². The molecule has 1 aromatic heterocycles. The summed E-state index contributed by atoms with van der Waals surface area (Å²) in [5.74, 6) is -0.382. The summed E-state index contributed by atoms with van der Waals surface area (Å²) in [4.78, 5) is 17.8. The molecule has 1 atom stereocenters. The van der Waals surface area contributed by atoms with Gasteiger partial charge in [0.1, 0.15) is 5.82 Å². The number of rotatable bonds is 8. The fraction of sp³-hybridized carbons (Fsp3) is 0.368. The van der Waals surface area contributed by atoms with E-state index in [0.29, 0.717) is 25.1 Å². The van der Waals surface area contributed by atoms with Crippen molar-refractivity contribution in [1.82, 2.24) is 14.6 Å². The number of carbonyl (C=O) groups is 1. The van der Waals surface area contributed by atoms with Crippen molar-refractivity contribution in [3.8, 4) is 0 Å². The number of nitrogens with zero attached hydrogens (tertiary/aromatic N) is 2. The predicted molar refractivity (Wildman–Crippen MR) is 102 cm³/mol. The Morgan fingerprint density at radius 2 is 1.96 bits per heavy atom.